The second-order valence-electron chi connectivity index (χ2n) is 7.08. The van der Waals surface area contributed by atoms with E-state index in [-0.39, 0.29) is 0 Å². The van der Waals surface area contributed by atoms with E-state index in [0.717, 1.165) is 5.69 Å². The van der Waals surface area contributed by atoms with Gasteiger partial charge in [-0.15, -0.1) is 0 Å². The van der Waals surface area contributed by atoms with E-state index in [0.29, 0.717) is 0 Å². The van der Waals surface area contributed by atoms with Crippen LogP contribution in [-0.2, 0) is 0 Å². The monoisotopic (exact) mass is 363 g/mol. The van der Waals surface area contributed by atoms with Crippen LogP contribution in [0.3, 0.4) is 0 Å². The van der Waals surface area contributed by atoms with Gasteiger partial charge >= 0.3 is 142 Å². The Morgan fingerprint density at radius 3 is 2.04 bits per heavy atom. The molecule has 116 valence electrons. The van der Waals surface area contributed by atoms with Crippen molar-refractivity contribution in [1.82, 2.24) is 4.98 Å². The number of hydrogen-bond acceptors (Lipinski definition) is 1. The van der Waals surface area contributed by atoms with Gasteiger partial charge in [-0.25, -0.2) is 0 Å². The van der Waals surface area contributed by atoms with Gasteiger partial charge in [0.2, 0.25) is 0 Å². The Labute approximate surface area is 141 Å². The third kappa shape index (κ3) is 3.56. The zero-order chi connectivity index (χ0) is 16.4. The standard InChI is InChI=1S/C21H23GeN/c1-16-13-21(23-15-20(16)22(2,3)4)19-12-8-11-18(14-19)17-9-6-5-7-10-17/h5-15H,1-4H3. The summed E-state index contributed by atoms with van der Waals surface area (Å²) in [5, 5.41) is 0. The second-order valence-corrected chi connectivity index (χ2v) is 17.7. The minimum atomic E-state index is -1.84. The first-order valence-electron chi connectivity index (χ1n) is 8.08. The molecule has 3 rings (SSSR count). The summed E-state index contributed by atoms with van der Waals surface area (Å²) in [6, 6.07) is 21.4. The average molecular weight is 362 g/mol. The van der Waals surface area contributed by atoms with Crippen LogP contribution in [0.2, 0.25) is 17.3 Å². The summed E-state index contributed by atoms with van der Waals surface area (Å²) < 4.78 is 1.49. The normalized spacial score (nSPS) is 11.5. The molecule has 1 nitrogen and oxygen atoms in total. The molecule has 0 N–H and O–H groups in total. The quantitative estimate of drug-likeness (QED) is 0.579. The molecule has 0 spiro atoms. The first-order chi connectivity index (χ1) is 10.9. The third-order valence-corrected chi connectivity index (χ3v) is 8.67. The fourth-order valence-electron chi connectivity index (χ4n) is 2.99. The molecular formula is C21H23GeN. The SMILES string of the molecule is Cc1cc(-c2cccc(-c3ccccc3)c2)nc[c]1[Ge]([CH3])([CH3])[CH3]. The summed E-state index contributed by atoms with van der Waals surface area (Å²) >= 11 is -1.84. The fraction of sp³-hybridized carbons (Fsp3) is 0.190. The Balaban J connectivity index is 2.02. The van der Waals surface area contributed by atoms with Crippen LogP contribution in [0.4, 0.5) is 0 Å². The van der Waals surface area contributed by atoms with Gasteiger partial charge in [-0.05, 0) is 0 Å². The summed E-state index contributed by atoms with van der Waals surface area (Å²) in [5.74, 6) is 7.25. The molecule has 0 atom stereocenters. The summed E-state index contributed by atoms with van der Waals surface area (Å²) in [6.45, 7) is 2.22. The molecule has 0 amide bonds. The second kappa shape index (κ2) is 6.33. The molecule has 0 aliphatic heterocycles. The van der Waals surface area contributed by atoms with Crippen molar-refractivity contribution in [2.75, 3.05) is 0 Å². The Morgan fingerprint density at radius 1 is 0.739 bits per heavy atom. The van der Waals surface area contributed by atoms with Gasteiger partial charge in [0.05, 0.1) is 0 Å². The molecule has 0 radical (unpaired) electrons. The van der Waals surface area contributed by atoms with E-state index in [4.69, 9.17) is 4.98 Å². The van der Waals surface area contributed by atoms with Crippen molar-refractivity contribution < 1.29 is 0 Å². The zero-order valence-corrected chi connectivity index (χ0v) is 16.4. The molecule has 3 aromatic rings. The number of aromatic nitrogens is 1. The first kappa shape index (κ1) is 16.0. The van der Waals surface area contributed by atoms with E-state index in [9.17, 15) is 0 Å². The number of aryl methyl sites for hydroxylation is 1. The number of rotatable bonds is 3. The van der Waals surface area contributed by atoms with Gasteiger partial charge in [0.15, 0.2) is 0 Å². The van der Waals surface area contributed by atoms with Crippen molar-refractivity contribution in [3.8, 4) is 22.4 Å². The Bertz CT molecular complexity index is 817. The van der Waals surface area contributed by atoms with Crippen molar-refractivity contribution in [2.45, 2.75) is 24.2 Å². The molecule has 0 fully saturated rings. The predicted octanol–water partition coefficient (Wildman–Crippen LogP) is 5.27. The van der Waals surface area contributed by atoms with E-state index >= 15 is 0 Å². The topological polar surface area (TPSA) is 12.9 Å². The minimum absolute atomic E-state index is 1.07. The number of pyridine rings is 1. The van der Waals surface area contributed by atoms with E-state index in [2.05, 4.69) is 91.1 Å². The van der Waals surface area contributed by atoms with E-state index < -0.39 is 13.3 Å². The Kier molecular flexibility index (Phi) is 4.40. The van der Waals surface area contributed by atoms with Gasteiger partial charge in [-0.3, -0.25) is 0 Å². The molecule has 0 saturated heterocycles. The molecule has 0 aliphatic rings. The summed E-state index contributed by atoms with van der Waals surface area (Å²) in [7, 11) is 0. The first-order valence-corrected chi connectivity index (χ1v) is 15.4. The molecule has 23 heavy (non-hydrogen) atoms. The van der Waals surface area contributed by atoms with Crippen LogP contribution in [-0.4, -0.2) is 18.3 Å². The van der Waals surface area contributed by atoms with Crippen LogP contribution in [0.5, 0.6) is 0 Å². The van der Waals surface area contributed by atoms with Gasteiger partial charge in [-0.2, -0.15) is 0 Å². The van der Waals surface area contributed by atoms with Gasteiger partial charge < -0.3 is 0 Å². The molecule has 2 aromatic carbocycles. The van der Waals surface area contributed by atoms with Gasteiger partial charge in [0.1, 0.15) is 0 Å². The molecule has 1 heterocycles. The van der Waals surface area contributed by atoms with Crippen LogP contribution >= 0.6 is 0 Å². The van der Waals surface area contributed by atoms with Gasteiger partial charge in [-0.1, -0.05) is 0 Å². The molecule has 0 bridgehead atoms. The fourth-order valence-corrected chi connectivity index (χ4v) is 6.57. The number of benzene rings is 2. The van der Waals surface area contributed by atoms with Crippen LogP contribution in [0.15, 0.2) is 66.9 Å². The number of nitrogens with zero attached hydrogens (tertiary/aromatic N) is 1. The maximum atomic E-state index is 4.76. The van der Waals surface area contributed by atoms with Crippen LogP contribution < -0.4 is 4.40 Å². The third-order valence-electron chi connectivity index (χ3n) is 4.18. The predicted molar refractivity (Wildman–Crippen MR) is 103 cm³/mol. The summed E-state index contributed by atoms with van der Waals surface area (Å²) in [6.07, 6.45) is 2.11. The van der Waals surface area contributed by atoms with Crippen molar-refractivity contribution in [3.05, 3.63) is 72.4 Å². The summed E-state index contributed by atoms with van der Waals surface area (Å²) in [5.41, 5.74) is 6.11. The molecule has 1 aromatic heterocycles. The maximum absolute atomic E-state index is 4.76. The molecule has 0 unspecified atom stereocenters. The van der Waals surface area contributed by atoms with Crippen molar-refractivity contribution in [3.63, 3.8) is 0 Å². The van der Waals surface area contributed by atoms with E-state index in [1.807, 2.05) is 0 Å². The van der Waals surface area contributed by atoms with Crippen LogP contribution in [0.1, 0.15) is 5.56 Å². The number of hydrogen-bond donors (Lipinski definition) is 0. The zero-order valence-electron chi connectivity index (χ0n) is 14.3. The van der Waals surface area contributed by atoms with E-state index in [1.165, 1.54) is 26.6 Å². The van der Waals surface area contributed by atoms with Gasteiger partial charge in [0, 0.05) is 0 Å². The summed E-state index contributed by atoms with van der Waals surface area (Å²) in [4.78, 5) is 4.76. The van der Waals surface area contributed by atoms with E-state index in [1.54, 1.807) is 0 Å². The Morgan fingerprint density at radius 2 is 1.39 bits per heavy atom. The average Bonchev–Trinajstić information content (AvgIpc) is 2.54. The van der Waals surface area contributed by atoms with Crippen molar-refractivity contribution >= 4 is 17.7 Å². The van der Waals surface area contributed by atoms with Crippen LogP contribution in [0.25, 0.3) is 22.4 Å². The molecule has 0 saturated carbocycles. The van der Waals surface area contributed by atoms with Crippen molar-refractivity contribution in [1.29, 1.82) is 0 Å². The molecule has 0 aliphatic carbocycles. The molecule has 2 heteroatoms. The van der Waals surface area contributed by atoms with Crippen LogP contribution in [0, 0.1) is 6.92 Å². The van der Waals surface area contributed by atoms with Gasteiger partial charge in [0.25, 0.3) is 0 Å². The molecular weight excluding hydrogens is 339 g/mol. The van der Waals surface area contributed by atoms with Crippen molar-refractivity contribution in [2.24, 2.45) is 0 Å². The Hall–Kier alpha value is -1.87.